The quantitative estimate of drug-likeness (QED) is 0.446. The van der Waals surface area contributed by atoms with Gasteiger partial charge in [0.2, 0.25) is 0 Å². The zero-order valence-electron chi connectivity index (χ0n) is 9.83. The molecule has 0 heterocycles. The third-order valence-electron chi connectivity index (χ3n) is 2.33. The molecular weight excluding hydrogens is 202 g/mol. The van der Waals surface area contributed by atoms with Crippen molar-refractivity contribution in [2.75, 3.05) is 39.1 Å². The van der Waals surface area contributed by atoms with E-state index in [0.717, 1.165) is 44.0 Å². The average Bonchev–Trinajstić information content (AvgIpc) is 2.30. The van der Waals surface area contributed by atoms with E-state index in [-0.39, 0.29) is 0 Å². The fourth-order valence-electron chi connectivity index (χ4n) is 1.39. The van der Waals surface area contributed by atoms with Crippen molar-refractivity contribution in [1.29, 1.82) is 0 Å². The summed E-state index contributed by atoms with van der Waals surface area (Å²) in [6.07, 6.45) is 0. The molecule has 4 N–H and O–H groups in total. The summed E-state index contributed by atoms with van der Waals surface area (Å²) in [4.78, 5) is 0. The SMILES string of the molecule is COCCNCCNCc1ccccc1N. The number of ether oxygens (including phenoxy) is 1. The van der Waals surface area contributed by atoms with Gasteiger partial charge in [-0.3, -0.25) is 0 Å². The molecular formula is C12H21N3O. The average molecular weight is 223 g/mol. The molecule has 4 nitrogen and oxygen atoms in total. The van der Waals surface area contributed by atoms with Crippen molar-refractivity contribution in [2.45, 2.75) is 6.54 Å². The second kappa shape index (κ2) is 8.10. The molecule has 1 aromatic rings. The van der Waals surface area contributed by atoms with Crippen LogP contribution in [0.3, 0.4) is 0 Å². The Labute approximate surface area is 97.2 Å². The number of hydrogen-bond donors (Lipinski definition) is 3. The molecule has 0 saturated carbocycles. The lowest BCUT2D eigenvalue weighted by molar-refractivity contribution is 0.199. The zero-order chi connectivity index (χ0) is 11.6. The summed E-state index contributed by atoms with van der Waals surface area (Å²) in [5.41, 5.74) is 7.83. The first-order valence-corrected chi connectivity index (χ1v) is 5.58. The number of methoxy groups -OCH3 is 1. The van der Waals surface area contributed by atoms with Gasteiger partial charge in [0, 0.05) is 39.0 Å². The van der Waals surface area contributed by atoms with Crippen molar-refractivity contribution in [3.63, 3.8) is 0 Å². The Balaban J connectivity index is 2.05. The van der Waals surface area contributed by atoms with E-state index in [1.54, 1.807) is 7.11 Å². The monoisotopic (exact) mass is 223 g/mol. The highest BCUT2D eigenvalue weighted by Crippen LogP contribution is 2.09. The zero-order valence-corrected chi connectivity index (χ0v) is 9.83. The fourth-order valence-corrected chi connectivity index (χ4v) is 1.39. The molecule has 0 spiro atoms. The van der Waals surface area contributed by atoms with Crippen molar-refractivity contribution in [1.82, 2.24) is 10.6 Å². The minimum absolute atomic E-state index is 0.756. The minimum Gasteiger partial charge on any atom is -0.398 e. The third kappa shape index (κ3) is 5.11. The summed E-state index contributed by atoms with van der Waals surface area (Å²) >= 11 is 0. The number of rotatable bonds is 8. The van der Waals surface area contributed by atoms with Crippen LogP contribution in [0, 0.1) is 0 Å². The Bertz CT molecular complexity index is 291. The Morgan fingerprint density at radius 1 is 1.12 bits per heavy atom. The van der Waals surface area contributed by atoms with E-state index >= 15 is 0 Å². The highest BCUT2D eigenvalue weighted by atomic mass is 16.5. The summed E-state index contributed by atoms with van der Waals surface area (Å²) in [6, 6.07) is 7.92. The van der Waals surface area contributed by atoms with Crippen LogP contribution < -0.4 is 16.4 Å². The maximum absolute atomic E-state index is 5.83. The number of nitrogen functional groups attached to an aromatic ring is 1. The van der Waals surface area contributed by atoms with Crippen LogP contribution in [0.15, 0.2) is 24.3 Å². The van der Waals surface area contributed by atoms with Gasteiger partial charge in [0.1, 0.15) is 0 Å². The maximum atomic E-state index is 5.83. The third-order valence-corrected chi connectivity index (χ3v) is 2.33. The molecule has 0 aliphatic heterocycles. The van der Waals surface area contributed by atoms with Crippen molar-refractivity contribution < 1.29 is 4.74 Å². The van der Waals surface area contributed by atoms with Crippen LogP contribution in [-0.2, 0) is 11.3 Å². The van der Waals surface area contributed by atoms with E-state index < -0.39 is 0 Å². The number of anilines is 1. The van der Waals surface area contributed by atoms with E-state index in [4.69, 9.17) is 10.5 Å². The topological polar surface area (TPSA) is 59.3 Å². The molecule has 1 rings (SSSR count). The first-order chi connectivity index (χ1) is 7.84. The molecule has 0 amide bonds. The van der Waals surface area contributed by atoms with Gasteiger partial charge in [0.05, 0.1) is 6.61 Å². The van der Waals surface area contributed by atoms with Crippen molar-refractivity contribution in [3.05, 3.63) is 29.8 Å². The van der Waals surface area contributed by atoms with Crippen LogP contribution >= 0.6 is 0 Å². The van der Waals surface area contributed by atoms with Gasteiger partial charge in [0.25, 0.3) is 0 Å². The Kier molecular flexibility index (Phi) is 6.56. The normalized spacial score (nSPS) is 10.6. The molecule has 0 radical (unpaired) electrons. The minimum atomic E-state index is 0.756. The van der Waals surface area contributed by atoms with Crippen LogP contribution in [0.4, 0.5) is 5.69 Å². The summed E-state index contributed by atoms with van der Waals surface area (Å²) < 4.78 is 4.93. The largest absolute Gasteiger partial charge is 0.398 e. The first kappa shape index (κ1) is 13.0. The van der Waals surface area contributed by atoms with E-state index in [1.807, 2.05) is 24.3 Å². The molecule has 0 aliphatic carbocycles. The Hall–Kier alpha value is -1.10. The number of benzene rings is 1. The standard InChI is InChI=1S/C12H21N3O/c1-16-9-8-14-6-7-15-10-11-4-2-3-5-12(11)13/h2-5,14-15H,6-10,13H2,1H3. The van der Waals surface area contributed by atoms with Gasteiger partial charge in [-0.2, -0.15) is 0 Å². The molecule has 0 aromatic heterocycles. The van der Waals surface area contributed by atoms with E-state index in [9.17, 15) is 0 Å². The van der Waals surface area contributed by atoms with Gasteiger partial charge < -0.3 is 21.1 Å². The first-order valence-electron chi connectivity index (χ1n) is 5.58. The fraction of sp³-hybridized carbons (Fsp3) is 0.500. The second-order valence-electron chi connectivity index (χ2n) is 3.62. The van der Waals surface area contributed by atoms with Gasteiger partial charge in [-0.15, -0.1) is 0 Å². The van der Waals surface area contributed by atoms with Crippen LogP contribution in [0.1, 0.15) is 5.56 Å². The molecule has 16 heavy (non-hydrogen) atoms. The summed E-state index contributed by atoms with van der Waals surface area (Å²) in [7, 11) is 1.71. The molecule has 0 atom stereocenters. The van der Waals surface area contributed by atoms with Crippen LogP contribution in [0.5, 0.6) is 0 Å². The van der Waals surface area contributed by atoms with E-state index in [2.05, 4.69) is 10.6 Å². The summed E-state index contributed by atoms with van der Waals surface area (Å²) in [5, 5.41) is 6.60. The number of para-hydroxylation sites is 1. The molecule has 4 heteroatoms. The molecule has 0 saturated heterocycles. The van der Waals surface area contributed by atoms with Crippen molar-refractivity contribution in [2.24, 2.45) is 0 Å². The second-order valence-corrected chi connectivity index (χ2v) is 3.62. The Morgan fingerprint density at radius 3 is 2.62 bits per heavy atom. The molecule has 0 aliphatic rings. The van der Waals surface area contributed by atoms with Crippen LogP contribution in [-0.4, -0.2) is 33.4 Å². The molecule has 1 aromatic carbocycles. The highest BCUT2D eigenvalue weighted by molar-refractivity contribution is 5.46. The smallest absolute Gasteiger partial charge is 0.0587 e. The molecule has 0 bridgehead atoms. The Morgan fingerprint density at radius 2 is 1.88 bits per heavy atom. The van der Waals surface area contributed by atoms with E-state index in [1.165, 1.54) is 0 Å². The van der Waals surface area contributed by atoms with E-state index in [0.29, 0.717) is 0 Å². The molecule has 0 fully saturated rings. The summed E-state index contributed by atoms with van der Waals surface area (Å²) in [6.45, 7) is 4.34. The van der Waals surface area contributed by atoms with Crippen LogP contribution in [0.2, 0.25) is 0 Å². The maximum Gasteiger partial charge on any atom is 0.0587 e. The van der Waals surface area contributed by atoms with Crippen molar-refractivity contribution in [3.8, 4) is 0 Å². The predicted molar refractivity (Wildman–Crippen MR) is 67.3 cm³/mol. The van der Waals surface area contributed by atoms with Crippen LogP contribution in [0.25, 0.3) is 0 Å². The highest BCUT2D eigenvalue weighted by Gasteiger charge is 1.95. The van der Waals surface area contributed by atoms with Crippen molar-refractivity contribution >= 4 is 5.69 Å². The number of nitrogens with two attached hydrogens (primary N) is 1. The lowest BCUT2D eigenvalue weighted by Gasteiger charge is -2.08. The number of nitrogens with one attached hydrogen (secondary N) is 2. The van der Waals surface area contributed by atoms with Gasteiger partial charge in [-0.05, 0) is 11.6 Å². The van der Waals surface area contributed by atoms with Gasteiger partial charge in [-0.1, -0.05) is 18.2 Å². The lowest BCUT2D eigenvalue weighted by Crippen LogP contribution is -2.29. The molecule has 90 valence electrons. The lowest BCUT2D eigenvalue weighted by atomic mass is 10.2. The molecule has 0 unspecified atom stereocenters. The van der Waals surface area contributed by atoms with Gasteiger partial charge in [0.15, 0.2) is 0 Å². The van der Waals surface area contributed by atoms with Gasteiger partial charge >= 0.3 is 0 Å². The number of hydrogen-bond acceptors (Lipinski definition) is 4. The van der Waals surface area contributed by atoms with Gasteiger partial charge in [-0.25, -0.2) is 0 Å². The predicted octanol–water partition coefficient (Wildman–Crippen LogP) is 0.594. The summed E-state index contributed by atoms with van der Waals surface area (Å²) in [5.74, 6) is 0.